The highest BCUT2D eigenvalue weighted by molar-refractivity contribution is 5.80. The minimum absolute atomic E-state index is 0.0382. The Kier molecular flexibility index (Phi) is 5.74. The van der Waals surface area contributed by atoms with Gasteiger partial charge in [0.1, 0.15) is 0 Å². The fourth-order valence-corrected chi connectivity index (χ4v) is 4.64. The van der Waals surface area contributed by atoms with Crippen LogP contribution in [0.15, 0.2) is 59.4 Å². The molecule has 1 fully saturated rings. The number of nitrogens with one attached hydrogen (secondary N) is 1. The number of fused-ring (bicyclic) bond motifs is 1. The number of benzene rings is 2. The first-order valence-electron chi connectivity index (χ1n) is 10.9. The van der Waals surface area contributed by atoms with Crippen molar-refractivity contribution in [1.82, 2.24) is 9.88 Å². The molecule has 2 heterocycles. The Morgan fingerprint density at radius 1 is 1.13 bits per heavy atom. The van der Waals surface area contributed by atoms with Crippen molar-refractivity contribution in [2.75, 3.05) is 19.6 Å². The normalized spacial score (nSPS) is 17.5. The molecule has 3 aromatic rings. The van der Waals surface area contributed by atoms with Crippen LogP contribution in [0.25, 0.3) is 10.9 Å². The summed E-state index contributed by atoms with van der Waals surface area (Å²) in [6.07, 6.45) is 2.95. The van der Waals surface area contributed by atoms with Gasteiger partial charge in [-0.25, -0.2) is 0 Å². The predicted octanol–water partition coefficient (Wildman–Crippen LogP) is 4.75. The Morgan fingerprint density at radius 2 is 1.87 bits per heavy atom. The fraction of sp³-hybridized carbons (Fsp3) is 0.385. The predicted molar refractivity (Wildman–Crippen MR) is 122 cm³/mol. The highest BCUT2D eigenvalue weighted by atomic mass is 16.1. The van der Waals surface area contributed by atoms with Crippen LogP contribution < -0.4 is 5.56 Å². The lowest BCUT2D eigenvalue weighted by molar-refractivity contribution is 0.188. The van der Waals surface area contributed by atoms with Crippen molar-refractivity contribution in [2.24, 2.45) is 0 Å². The van der Waals surface area contributed by atoms with E-state index in [1.54, 1.807) is 0 Å². The Hall–Kier alpha value is -2.90. The maximum Gasteiger partial charge on any atom is 0.251 e. The van der Waals surface area contributed by atoms with Crippen molar-refractivity contribution in [3.63, 3.8) is 0 Å². The van der Waals surface area contributed by atoms with Gasteiger partial charge in [0.05, 0.1) is 11.5 Å². The standard InChI is InChI=1S/C26H29N3O/c1-3-19-15-22-9-10-23(16-24(22)28-25(19)30)26(2,17-27)18-29-13-11-21(12-14-29)20-7-5-4-6-8-20/h4-10,15-16,21H,3,11-14,18H2,1-2H3,(H,28,30). The summed E-state index contributed by atoms with van der Waals surface area (Å²) >= 11 is 0. The summed E-state index contributed by atoms with van der Waals surface area (Å²) in [4.78, 5) is 17.6. The molecule has 0 saturated carbocycles. The van der Waals surface area contributed by atoms with Crippen LogP contribution in [-0.2, 0) is 11.8 Å². The van der Waals surface area contributed by atoms with Crippen molar-refractivity contribution < 1.29 is 0 Å². The van der Waals surface area contributed by atoms with Crippen LogP contribution in [0.2, 0.25) is 0 Å². The van der Waals surface area contributed by atoms with Crippen LogP contribution in [0.4, 0.5) is 0 Å². The zero-order chi connectivity index (χ0) is 21.1. The number of nitrogens with zero attached hydrogens (tertiary/aromatic N) is 2. The fourth-order valence-electron chi connectivity index (χ4n) is 4.64. The number of aromatic amines is 1. The van der Waals surface area contributed by atoms with Crippen LogP contribution in [0.5, 0.6) is 0 Å². The molecule has 1 saturated heterocycles. The smallest absolute Gasteiger partial charge is 0.251 e. The highest BCUT2D eigenvalue weighted by Gasteiger charge is 2.31. The number of piperidine rings is 1. The minimum Gasteiger partial charge on any atom is -0.322 e. The third kappa shape index (κ3) is 4.04. The van der Waals surface area contributed by atoms with Crippen LogP contribution in [0, 0.1) is 11.3 Å². The number of rotatable bonds is 5. The first-order valence-corrected chi connectivity index (χ1v) is 10.9. The monoisotopic (exact) mass is 399 g/mol. The van der Waals surface area contributed by atoms with Gasteiger partial charge in [0.25, 0.3) is 5.56 Å². The van der Waals surface area contributed by atoms with Gasteiger partial charge in [-0.1, -0.05) is 49.4 Å². The van der Waals surface area contributed by atoms with E-state index in [1.165, 1.54) is 5.56 Å². The number of H-pyrrole nitrogens is 1. The van der Waals surface area contributed by atoms with E-state index in [-0.39, 0.29) is 5.56 Å². The average molecular weight is 400 g/mol. The van der Waals surface area contributed by atoms with Gasteiger partial charge in [0, 0.05) is 17.6 Å². The van der Waals surface area contributed by atoms with E-state index in [0.717, 1.165) is 48.0 Å². The molecule has 2 aromatic carbocycles. The topological polar surface area (TPSA) is 59.9 Å². The number of nitriles is 1. The third-order valence-corrected chi connectivity index (χ3v) is 6.59. The molecule has 0 amide bonds. The Labute approximate surface area is 178 Å². The molecule has 0 aliphatic carbocycles. The van der Waals surface area contributed by atoms with Gasteiger partial charge in [0.2, 0.25) is 0 Å². The molecule has 0 spiro atoms. The quantitative estimate of drug-likeness (QED) is 0.673. The van der Waals surface area contributed by atoms with Gasteiger partial charge < -0.3 is 9.88 Å². The summed E-state index contributed by atoms with van der Waals surface area (Å²) in [5, 5.41) is 11.1. The average Bonchev–Trinajstić information content (AvgIpc) is 2.79. The van der Waals surface area contributed by atoms with E-state index in [4.69, 9.17) is 0 Å². The zero-order valence-corrected chi connectivity index (χ0v) is 17.8. The largest absolute Gasteiger partial charge is 0.322 e. The van der Waals surface area contributed by atoms with E-state index in [1.807, 2.05) is 38.1 Å². The molecule has 154 valence electrons. The molecule has 1 aromatic heterocycles. The Bertz CT molecular complexity index is 1120. The number of hydrogen-bond acceptors (Lipinski definition) is 3. The van der Waals surface area contributed by atoms with Crippen LogP contribution >= 0.6 is 0 Å². The molecule has 4 heteroatoms. The Balaban J connectivity index is 1.51. The molecular weight excluding hydrogens is 370 g/mol. The van der Waals surface area contributed by atoms with E-state index < -0.39 is 5.41 Å². The Morgan fingerprint density at radius 3 is 2.53 bits per heavy atom. The maximum absolute atomic E-state index is 12.2. The third-order valence-electron chi connectivity index (χ3n) is 6.59. The van der Waals surface area contributed by atoms with Gasteiger partial charge in [-0.3, -0.25) is 4.79 Å². The molecule has 30 heavy (non-hydrogen) atoms. The molecule has 1 N–H and O–H groups in total. The molecule has 4 rings (SSSR count). The molecule has 0 bridgehead atoms. The van der Waals surface area contributed by atoms with Crippen molar-refractivity contribution in [3.8, 4) is 6.07 Å². The summed E-state index contributed by atoms with van der Waals surface area (Å²) in [6, 6.07) is 21.3. The molecule has 1 aliphatic heterocycles. The minimum atomic E-state index is -0.617. The summed E-state index contributed by atoms with van der Waals surface area (Å²) in [5.74, 6) is 0.606. The number of pyridine rings is 1. The van der Waals surface area contributed by atoms with Crippen LogP contribution in [-0.4, -0.2) is 29.5 Å². The second kappa shape index (κ2) is 8.45. The molecule has 0 radical (unpaired) electrons. The van der Waals surface area contributed by atoms with Gasteiger partial charge >= 0.3 is 0 Å². The van der Waals surface area contributed by atoms with Gasteiger partial charge in [-0.2, -0.15) is 5.26 Å². The molecule has 1 unspecified atom stereocenters. The van der Waals surface area contributed by atoms with E-state index in [2.05, 4.69) is 46.3 Å². The lowest BCUT2D eigenvalue weighted by Crippen LogP contribution is -2.42. The summed E-state index contributed by atoms with van der Waals surface area (Å²) in [7, 11) is 0. The van der Waals surface area contributed by atoms with Gasteiger partial charge in [-0.15, -0.1) is 0 Å². The molecule has 4 nitrogen and oxygen atoms in total. The van der Waals surface area contributed by atoms with Crippen molar-refractivity contribution in [1.29, 1.82) is 5.26 Å². The number of aromatic nitrogens is 1. The lowest BCUT2D eigenvalue weighted by atomic mass is 9.81. The molecular formula is C26H29N3O. The van der Waals surface area contributed by atoms with E-state index >= 15 is 0 Å². The maximum atomic E-state index is 12.2. The van der Waals surface area contributed by atoms with Crippen LogP contribution in [0.1, 0.15) is 49.3 Å². The first kappa shape index (κ1) is 20.4. The second-order valence-corrected chi connectivity index (χ2v) is 8.68. The first-order chi connectivity index (χ1) is 14.5. The van der Waals surface area contributed by atoms with Crippen LogP contribution in [0.3, 0.4) is 0 Å². The van der Waals surface area contributed by atoms with Gasteiger partial charge in [-0.05, 0) is 73.8 Å². The van der Waals surface area contributed by atoms with E-state index in [0.29, 0.717) is 18.9 Å². The zero-order valence-electron chi connectivity index (χ0n) is 17.8. The summed E-state index contributed by atoms with van der Waals surface area (Å²) in [6.45, 7) is 6.70. The summed E-state index contributed by atoms with van der Waals surface area (Å²) < 4.78 is 0. The van der Waals surface area contributed by atoms with Crippen molar-refractivity contribution in [3.05, 3.63) is 81.6 Å². The van der Waals surface area contributed by atoms with Crippen molar-refractivity contribution in [2.45, 2.75) is 44.4 Å². The number of aryl methyl sites for hydroxylation is 1. The summed E-state index contributed by atoms with van der Waals surface area (Å²) in [5.41, 5.74) is 3.32. The molecule has 1 atom stereocenters. The van der Waals surface area contributed by atoms with Crippen molar-refractivity contribution >= 4 is 10.9 Å². The SMILES string of the molecule is CCc1cc2ccc(C(C)(C#N)CN3CCC(c4ccccc4)CC3)cc2[nH]c1=O. The number of likely N-dealkylation sites (tertiary alicyclic amines) is 1. The van der Waals surface area contributed by atoms with Gasteiger partial charge in [0.15, 0.2) is 0 Å². The lowest BCUT2D eigenvalue weighted by Gasteiger charge is -2.36. The highest BCUT2D eigenvalue weighted by Crippen LogP contribution is 2.32. The second-order valence-electron chi connectivity index (χ2n) is 8.68. The van der Waals surface area contributed by atoms with E-state index in [9.17, 15) is 10.1 Å². The molecule has 1 aliphatic rings. The number of hydrogen-bond donors (Lipinski definition) is 1.